The summed E-state index contributed by atoms with van der Waals surface area (Å²) >= 11 is 0. The zero-order valence-corrected chi connectivity index (χ0v) is 15.2. The molecular formula is C20H29NO4. The number of amides is 1. The number of esters is 1. The van der Waals surface area contributed by atoms with Crippen molar-refractivity contribution in [2.24, 2.45) is 0 Å². The lowest BCUT2D eigenvalue weighted by Crippen LogP contribution is -2.43. The van der Waals surface area contributed by atoms with Gasteiger partial charge in [0.2, 0.25) is 0 Å². The summed E-state index contributed by atoms with van der Waals surface area (Å²) in [6.07, 6.45) is 5.69. The number of hydrogen-bond donors (Lipinski definition) is 1. The van der Waals surface area contributed by atoms with Crippen LogP contribution in [0.2, 0.25) is 0 Å². The van der Waals surface area contributed by atoms with E-state index in [1.165, 1.54) is 12.8 Å². The van der Waals surface area contributed by atoms with Crippen molar-refractivity contribution >= 4 is 11.9 Å². The van der Waals surface area contributed by atoms with Crippen LogP contribution in [0.15, 0.2) is 30.3 Å². The first-order chi connectivity index (χ1) is 12.1. The van der Waals surface area contributed by atoms with E-state index in [4.69, 9.17) is 9.47 Å². The van der Waals surface area contributed by atoms with Gasteiger partial charge in [-0.3, -0.25) is 4.79 Å². The Labute approximate surface area is 150 Å². The van der Waals surface area contributed by atoms with Crippen molar-refractivity contribution in [2.75, 3.05) is 0 Å². The minimum Gasteiger partial charge on any atom is -0.479 e. The highest BCUT2D eigenvalue weighted by Gasteiger charge is 2.26. The first-order valence-electron chi connectivity index (χ1n) is 9.32. The van der Waals surface area contributed by atoms with E-state index in [2.05, 4.69) is 5.32 Å². The van der Waals surface area contributed by atoms with Crippen LogP contribution in [0.4, 0.5) is 0 Å². The number of nitrogens with one attached hydrogen (secondary N) is 1. The first-order valence-corrected chi connectivity index (χ1v) is 9.32. The Kier molecular flexibility index (Phi) is 7.76. The lowest BCUT2D eigenvalue weighted by molar-refractivity contribution is -0.161. The van der Waals surface area contributed by atoms with Gasteiger partial charge in [-0.25, -0.2) is 4.79 Å². The van der Waals surface area contributed by atoms with Gasteiger partial charge in [0.15, 0.2) is 12.2 Å². The predicted octanol–water partition coefficient (Wildman–Crippen LogP) is 3.61. The smallest absolute Gasteiger partial charge is 0.348 e. The van der Waals surface area contributed by atoms with E-state index in [0.29, 0.717) is 12.2 Å². The highest BCUT2D eigenvalue weighted by molar-refractivity contribution is 5.84. The third kappa shape index (κ3) is 6.40. The van der Waals surface area contributed by atoms with Gasteiger partial charge in [-0.05, 0) is 38.3 Å². The Hall–Kier alpha value is -2.04. The van der Waals surface area contributed by atoms with Gasteiger partial charge in [0.25, 0.3) is 5.91 Å². The minimum absolute atomic E-state index is 0.193. The number of hydrogen-bond acceptors (Lipinski definition) is 4. The van der Waals surface area contributed by atoms with Crippen molar-refractivity contribution < 1.29 is 19.1 Å². The summed E-state index contributed by atoms with van der Waals surface area (Å²) in [5, 5.41) is 3.01. The molecule has 25 heavy (non-hydrogen) atoms. The summed E-state index contributed by atoms with van der Waals surface area (Å²) in [6, 6.07) is 9.34. The molecule has 0 unspecified atom stereocenters. The van der Waals surface area contributed by atoms with Crippen LogP contribution in [0.1, 0.15) is 58.8 Å². The molecule has 0 radical (unpaired) electrons. The van der Waals surface area contributed by atoms with Crippen LogP contribution in [-0.2, 0) is 14.3 Å². The van der Waals surface area contributed by atoms with Gasteiger partial charge in [0, 0.05) is 6.04 Å². The van der Waals surface area contributed by atoms with Crippen LogP contribution in [0.3, 0.4) is 0 Å². The molecule has 1 amide bonds. The summed E-state index contributed by atoms with van der Waals surface area (Å²) in [5.41, 5.74) is 0. The molecular weight excluding hydrogens is 318 g/mol. The Morgan fingerprint density at radius 1 is 1.12 bits per heavy atom. The molecule has 5 heteroatoms. The van der Waals surface area contributed by atoms with Gasteiger partial charge in [0.1, 0.15) is 5.75 Å². The van der Waals surface area contributed by atoms with E-state index in [0.717, 1.165) is 25.7 Å². The molecule has 1 N–H and O–H groups in total. The SMILES string of the molecule is CC[C@@H](Oc1ccccc1)C(=O)O[C@@H](C)C(=O)NC1CCCCCC1. The predicted molar refractivity (Wildman–Crippen MR) is 96.3 cm³/mol. The van der Waals surface area contributed by atoms with E-state index < -0.39 is 18.2 Å². The average molecular weight is 347 g/mol. The van der Waals surface area contributed by atoms with Crippen LogP contribution in [0.5, 0.6) is 5.75 Å². The lowest BCUT2D eigenvalue weighted by Gasteiger charge is -2.22. The lowest BCUT2D eigenvalue weighted by atomic mass is 10.1. The fraction of sp³-hybridized carbons (Fsp3) is 0.600. The Balaban J connectivity index is 1.83. The first kappa shape index (κ1) is 19.3. The van der Waals surface area contributed by atoms with E-state index >= 15 is 0 Å². The molecule has 0 bridgehead atoms. The summed E-state index contributed by atoms with van der Waals surface area (Å²) in [7, 11) is 0. The zero-order valence-electron chi connectivity index (χ0n) is 15.2. The van der Waals surface area contributed by atoms with E-state index in [9.17, 15) is 9.59 Å². The molecule has 2 rings (SSSR count). The normalized spacial score (nSPS) is 17.8. The van der Waals surface area contributed by atoms with Crippen LogP contribution in [-0.4, -0.2) is 30.1 Å². The zero-order chi connectivity index (χ0) is 18.1. The van der Waals surface area contributed by atoms with Crippen molar-refractivity contribution in [2.45, 2.75) is 77.0 Å². The fourth-order valence-corrected chi connectivity index (χ4v) is 3.01. The maximum absolute atomic E-state index is 12.3. The second-order valence-electron chi connectivity index (χ2n) is 6.60. The highest BCUT2D eigenvalue weighted by Crippen LogP contribution is 2.18. The number of carbonyl (C=O) groups excluding carboxylic acids is 2. The Bertz CT molecular complexity index is 538. The van der Waals surface area contributed by atoms with E-state index in [-0.39, 0.29) is 11.9 Å². The molecule has 1 saturated carbocycles. The molecule has 1 aromatic carbocycles. The van der Waals surface area contributed by atoms with Gasteiger partial charge in [-0.1, -0.05) is 50.8 Å². The largest absolute Gasteiger partial charge is 0.479 e. The van der Waals surface area contributed by atoms with Gasteiger partial charge < -0.3 is 14.8 Å². The number of carbonyl (C=O) groups is 2. The number of para-hydroxylation sites is 1. The summed E-state index contributed by atoms with van der Waals surface area (Å²) < 4.78 is 11.0. The topological polar surface area (TPSA) is 64.6 Å². The molecule has 1 aliphatic rings. The van der Waals surface area contributed by atoms with Crippen molar-refractivity contribution in [3.63, 3.8) is 0 Å². The second kappa shape index (κ2) is 10.1. The number of ether oxygens (including phenoxy) is 2. The van der Waals surface area contributed by atoms with E-state index in [1.54, 1.807) is 19.1 Å². The summed E-state index contributed by atoms with van der Waals surface area (Å²) in [5.74, 6) is -0.119. The van der Waals surface area contributed by atoms with Crippen molar-refractivity contribution in [3.8, 4) is 5.75 Å². The van der Waals surface area contributed by atoms with Crippen LogP contribution in [0.25, 0.3) is 0 Å². The highest BCUT2D eigenvalue weighted by atomic mass is 16.6. The molecule has 0 aliphatic heterocycles. The van der Waals surface area contributed by atoms with Gasteiger partial charge >= 0.3 is 5.97 Å². The molecule has 5 nitrogen and oxygen atoms in total. The van der Waals surface area contributed by atoms with Crippen molar-refractivity contribution in [3.05, 3.63) is 30.3 Å². The summed E-state index contributed by atoms with van der Waals surface area (Å²) in [6.45, 7) is 3.46. The molecule has 0 saturated heterocycles. The minimum atomic E-state index is -0.816. The summed E-state index contributed by atoms with van der Waals surface area (Å²) in [4.78, 5) is 24.6. The van der Waals surface area contributed by atoms with Crippen LogP contribution >= 0.6 is 0 Å². The Morgan fingerprint density at radius 3 is 2.36 bits per heavy atom. The maximum Gasteiger partial charge on any atom is 0.348 e. The molecule has 0 spiro atoms. The Morgan fingerprint density at radius 2 is 1.76 bits per heavy atom. The fourth-order valence-electron chi connectivity index (χ4n) is 3.01. The van der Waals surface area contributed by atoms with E-state index in [1.807, 2.05) is 25.1 Å². The monoisotopic (exact) mass is 347 g/mol. The van der Waals surface area contributed by atoms with Crippen LogP contribution < -0.4 is 10.1 Å². The third-order valence-electron chi connectivity index (χ3n) is 4.52. The molecule has 0 heterocycles. The van der Waals surface area contributed by atoms with Gasteiger partial charge in [0.05, 0.1) is 0 Å². The quantitative estimate of drug-likeness (QED) is 0.604. The van der Waals surface area contributed by atoms with Crippen LogP contribution in [0, 0.1) is 0 Å². The number of benzene rings is 1. The average Bonchev–Trinajstić information content (AvgIpc) is 2.89. The van der Waals surface area contributed by atoms with Crippen molar-refractivity contribution in [1.29, 1.82) is 0 Å². The molecule has 1 aromatic rings. The van der Waals surface area contributed by atoms with Crippen molar-refractivity contribution in [1.82, 2.24) is 5.32 Å². The molecule has 138 valence electrons. The molecule has 1 aliphatic carbocycles. The second-order valence-corrected chi connectivity index (χ2v) is 6.60. The molecule has 1 fully saturated rings. The standard InChI is InChI=1S/C20H29NO4/c1-3-18(25-17-13-9-6-10-14-17)20(23)24-15(2)19(22)21-16-11-7-4-5-8-12-16/h6,9-10,13-16,18H,3-5,7-8,11-12H2,1-2H3,(H,21,22)/t15-,18+/m0/s1. The third-order valence-corrected chi connectivity index (χ3v) is 4.52. The van der Waals surface area contributed by atoms with Gasteiger partial charge in [-0.15, -0.1) is 0 Å². The number of rotatable bonds is 7. The molecule has 2 atom stereocenters. The van der Waals surface area contributed by atoms with Gasteiger partial charge in [-0.2, -0.15) is 0 Å². The molecule has 0 aromatic heterocycles. The maximum atomic E-state index is 12.3.